The number of aliphatic imine (C=N–C) groups is 1. The summed E-state index contributed by atoms with van der Waals surface area (Å²) in [6, 6.07) is 20.7. The predicted molar refractivity (Wildman–Crippen MR) is 121 cm³/mol. The molecule has 4 aromatic rings. The summed E-state index contributed by atoms with van der Waals surface area (Å²) in [7, 11) is 0. The molecule has 0 radical (unpaired) electrons. The molecule has 2 heterocycles. The van der Waals surface area contributed by atoms with Gasteiger partial charge in [-0.3, -0.25) is 4.57 Å². The first kappa shape index (κ1) is 19.7. The molecule has 0 aliphatic heterocycles. The van der Waals surface area contributed by atoms with Crippen molar-refractivity contribution in [3.05, 3.63) is 79.0 Å². The smallest absolute Gasteiger partial charge is 0.191 e. The van der Waals surface area contributed by atoms with Crippen molar-refractivity contribution >= 4 is 16.9 Å². The highest BCUT2D eigenvalue weighted by molar-refractivity contribution is 5.80. The van der Waals surface area contributed by atoms with Crippen LogP contribution in [0.2, 0.25) is 0 Å². The molecule has 2 N–H and O–H groups in total. The summed E-state index contributed by atoms with van der Waals surface area (Å²) in [4.78, 5) is 4.69. The number of hydrogen-bond acceptors (Lipinski definition) is 3. The lowest BCUT2D eigenvalue weighted by Crippen LogP contribution is -2.38. The standard InChI is InChI=1S/C23H27N7/c1-2-24-23(25-14-8-15-29-16-13-19-9-6-7-12-21(19)29)26-17-22-28-27-18-30(22)20-10-4-3-5-11-20/h3-7,9-13,16,18H,2,8,14-15,17H2,1H3,(H2,24,25,26). The minimum absolute atomic E-state index is 0.451. The minimum atomic E-state index is 0.451. The molecule has 0 atom stereocenters. The molecule has 0 fully saturated rings. The van der Waals surface area contributed by atoms with Crippen LogP contribution in [-0.4, -0.2) is 38.4 Å². The quantitative estimate of drug-likeness (QED) is 0.270. The van der Waals surface area contributed by atoms with Crippen LogP contribution >= 0.6 is 0 Å². The van der Waals surface area contributed by atoms with E-state index in [0.29, 0.717) is 6.54 Å². The molecule has 0 saturated heterocycles. The highest BCUT2D eigenvalue weighted by atomic mass is 15.3. The topological polar surface area (TPSA) is 72.1 Å². The Hall–Kier alpha value is -3.61. The molecule has 154 valence electrons. The third-order valence-corrected chi connectivity index (χ3v) is 4.92. The van der Waals surface area contributed by atoms with Crippen LogP contribution in [0.5, 0.6) is 0 Å². The summed E-state index contributed by atoms with van der Waals surface area (Å²) in [5.74, 6) is 1.59. The molecule has 2 aromatic carbocycles. The fraction of sp³-hybridized carbons (Fsp3) is 0.261. The van der Waals surface area contributed by atoms with Crippen molar-refractivity contribution < 1.29 is 0 Å². The predicted octanol–water partition coefficient (Wildman–Crippen LogP) is 3.37. The second-order valence-electron chi connectivity index (χ2n) is 7.00. The van der Waals surface area contributed by atoms with Crippen LogP contribution in [0.3, 0.4) is 0 Å². The molecule has 7 nitrogen and oxygen atoms in total. The maximum atomic E-state index is 4.69. The Labute approximate surface area is 176 Å². The normalized spacial score (nSPS) is 11.7. The molecular weight excluding hydrogens is 374 g/mol. The van der Waals surface area contributed by atoms with E-state index in [1.54, 1.807) is 6.33 Å². The largest absolute Gasteiger partial charge is 0.357 e. The second kappa shape index (κ2) is 9.73. The van der Waals surface area contributed by atoms with Gasteiger partial charge in [0.1, 0.15) is 12.9 Å². The highest BCUT2D eigenvalue weighted by Gasteiger charge is 2.06. The van der Waals surface area contributed by atoms with Crippen LogP contribution in [0, 0.1) is 0 Å². The Kier molecular flexibility index (Phi) is 6.39. The van der Waals surface area contributed by atoms with Crippen LogP contribution in [0.1, 0.15) is 19.2 Å². The number of hydrogen-bond donors (Lipinski definition) is 2. The Morgan fingerprint density at radius 1 is 1.00 bits per heavy atom. The summed E-state index contributed by atoms with van der Waals surface area (Å²) in [5, 5.41) is 16.3. The van der Waals surface area contributed by atoms with Gasteiger partial charge in [0.2, 0.25) is 0 Å². The van der Waals surface area contributed by atoms with Crippen molar-refractivity contribution in [3.63, 3.8) is 0 Å². The molecule has 0 aliphatic carbocycles. The third kappa shape index (κ3) is 4.68. The van der Waals surface area contributed by atoms with Crippen LogP contribution in [0.25, 0.3) is 16.6 Å². The molecule has 2 aromatic heterocycles. The fourth-order valence-corrected chi connectivity index (χ4v) is 3.45. The van der Waals surface area contributed by atoms with Crippen LogP contribution < -0.4 is 10.6 Å². The van der Waals surface area contributed by atoms with Gasteiger partial charge in [-0.25, -0.2) is 4.99 Å². The first-order valence-corrected chi connectivity index (χ1v) is 10.4. The van der Waals surface area contributed by atoms with Crippen molar-refractivity contribution in [1.82, 2.24) is 30.0 Å². The Morgan fingerprint density at radius 3 is 2.70 bits per heavy atom. The molecule has 0 bridgehead atoms. The highest BCUT2D eigenvalue weighted by Crippen LogP contribution is 2.15. The molecule has 7 heteroatoms. The lowest BCUT2D eigenvalue weighted by Gasteiger charge is -2.12. The maximum absolute atomic E-state index is 4.69. The summed E-state index contributed by atoms with van der Waals surface area (Å²) in [6.07, 6.45) is 4.88. The Morgan fingerprint density at radius 2 is 1.83 bits per heavy atom. The van der Waals surface area contributed by atoms with Gasteiger partial charge in [-0.15, -0.1) is 10.2 Å². The average molecular weight is 402 g/mol. The molecule has 4 rings (SSSR count). The minimum Gasteiger partial charge on any atom is -0.357 e. The number of guanidine groups is 1. The number of aromatic nitrogens is 4. The fourth-order valence-electron chi connectivity index (χ4n) is 3.45. The summed E-state index contributed by atoms with van der Waals surface area (Å²) in [6.45, 7) is 5.12. The molecule has 0 unspecified atom stereocenters. The zero-order valence-corrected chi connectivity index (χ0v) is 17.2. The Balaban J connectivity index is 1.34. The lowest BCUT2D eigenvalue weighted by atomic mass is 10.2. The van der Waals surface area contributed by atoms with E-state index in [1.165, 1.54) is 10.9 Å². The van der Waals surface area contributed by atoms with Crippen LogP contribution in [0.4, 0.5) is 0 Å². The second-order valence-corrected chi connectivity index (χ2v) is 7.00. The van der Waals surface area contributed by atoms with Crippen molar-refractivity contribution in [2.45, 2.75) is 26.4 Å². The van der Waals surface area contributed by atoms with Gasteiger partial charge in [-0.2, -0.15) is 0 Å². The van der Waals surface area contributed by atoms with Crippen molar-refractivity contribution in [2.24, 2.45) is 4.99 Å². The number of nitrogens with zero attached hydrogens (tertiary/aromatic N) is 5. The number of rotatable bonds is 8. The SMILES string of the molecule is CCNC(=NCc1nncn1-c1ccccc1)NCCCn1ccc2ccccc21. The zero-order chi connectivity index (χ0) is 20.6. The molecule has 0 aliphatic rings. The van der Waals surface area contributed by atoms with Gasteiger partial charge in [0, 0.05) is 37.0 Å². The van der Waals surface area contributed by atoms with E-state index in [9.17, 15) is 0 Å². The molecule has 0 amide bonds. The van der Waals surface area contributed by atoms with E-state index in [2.05, 4.69) is 68.9 Å². The van der Waals surface area contributed by atoms with Crippen molar-refractivity contribution in [3.8, 4) is 5.69 Å². The van der Waals surface area contributed by atoms with Gasteiger partial charge in [-0.1, -0.05) is 36.4 Å². The van der Waals surface area contributed by atoms with Gasteiger partial charge in [0.05, 0.1) is 0 Å². The molecule has 0 saturated carbocycles. The monoisotopic (exact) mass is 401 g/mol. The maximum Gasteiger partial charge on any atom is 0.191 e. The van der Waals surface area contributed by atoms with Crippen molar-refractivity contribution in [2.75, 3.05) is 13.1 Å². The van der Waals surface area contributed by atoms with Crippen LogP contribution in [0.15, 0.2) is 78.2 Å². The van der Waals surface area contributed by atoms with E-state index in [1.807, 2.05) is 34.9 Å². The zero-order valence-electron chi connectivity index (χ0n) is 17.2. The van der Waals surface area contributed by atoms with E-state index in [0.717, 1.165) is 43.5 Å². The third-order valence-electron chi connectivity index (χ3n) is 4.92. The number of benzene rings is 2. The number of para-hydroxylation sites is 2. The van der Waals surface area contributed by atoms with E-state index >= 15 is 0 Å². The van der Waals surface area contributed by atoms with E-state index in [-0.39, 0.29) is 0 Å². The molecular formula is C23H27N7. The van der Waals surface area contributed by atoms with Gasteiger partial charge in [-0.05, 0) is 43.0 Å². The van der Waals surface area contributed by atoms with E-state index in [4.69, 9.17) is 4.99 Å². The number of fused-ring (bicyclic) bond motifs is 1. The van der Waals surface area contributed by atoms with Crippen LogP contribution in [-0.2, 0) is 13.1 Å². The van der Waals surface area contributed by atoms with Crippen molar-refractivity contribution in [1.29, 1.82) is 0 Å². The Bertz CT molecular complexity index is 1090. The summed E-state index contributed by atoms with van der Waals surface area (Å²) < 4.78 is 4.26. The first-order valence-electron chi connectivity index (χ1n) is 10.4. The van der Waals surface area contributed by atoms with Gasteiger partial charge in [0.15, 0.2) is 11.8 Å². The molecule has 0 spiro atoms. The molecule has 30 heavy (non-hydrogen) atoms. The van der Waals surface area contributed by atoms with Gasteiger partial charge >= 0.3 is 0 Å². The van der Waals surface area contributed by atoms with Gasteiger partial charge in [0.25, 0.3) is 0 Å². The van der Waals surface area contributed by atoms with Gasteiger partial charge < -0.3 is 15.2 Å². The number of aryl methyl sites for hydroxylation is 1. The van der Waals surface area contributed by atoms with E-state index < -0.39 is 0 Å². The summed E-state index contributed by atoms with van der Waals surface area (Å²) >= 11 is 0. The number of nitrogens with one attached hydrogen (secondary N) is 2. The lowest BCUT2D eigenvalue weighted by molar-refractivity contribution is 0.640. The first-order chi connectivity index (χ1) is 14.8. The summed E-state index contributed by atoms with van der Waals surface area (Å²) in [5.41, 5.74) is 2.31. The average Bonchev–Trinajstić information content (AvgIpc) is 3.43.